The molecule has 0 saturated heterocycles. The Hall–Kier alpha value is -3.07. The van der Waals surface area contributed by atoms with E-state index in [-0.39, 0.29) is 0 Å². The highest BCUT2D eigenvalue weighted by atomic mass is 16.5. The van der Waals surface area contributed by atoms with Gasteiger partial charge in [0.2, 0.25) is 5.88 Å². The van der Waals surface area contributed by atoms with Gasteiger partial charge in [-0.25, -0.2) is 5.84 Å². The highest BCUT2D eigenvalue weighted by Gasteiger charge is 2.27. The van der Waals surface area contributed by atoms with Gasteiger partial charge in [-0.15, -0.1) is 0 Å². The second kappa shape index (κ2) is 7.67. The Bertz CT molecular complexity index is 898. The number of aromatic nitrogens is 2. The van der Waals surface area contributed by atoms with Gasteiger partial charge in [-0.05, 0) is 24.5 Å². The average molecular weight is 374 g/mol. The number of benzene rings is 1. The van der Waals surface area contributed by atoms with E-state index in [2.05, 4.69) is 4.98 Å². The molecule has 1 heterocycles. The second-order valence-electron chi connectivity index (χ2n) is 6.33. The summed E-state index contributed by atoms with van der Waals surface area (Å²) in [4.78, 5) is 29.3. The third-order valence-corrected chi connectivity index (χ3v) is 4.59. The molecule has 1 aromatic heterocycles. The summed E-state index contributed by atoms with van der Waals surface area (Å²) in [6.07, 6.45) is 3.56. The summed E-state index contributed by atoms with van der Waals surface area (Å²) in [6, 6.07) is 5.06. The maximum absolute atomic E-state index is 13.1. The van der Waals surface area contributed by atoms with Crippen molar-refractivity contribution in [2.75, 3.05) is 14.2 Å². The highest BCUT2D eigenvalue weighted by Crippen LogP contribution is 2.35. The summed E-state index contributed by atoms with van der Waals surface area (Å²) in [7, 11) is 2.93. The first-order chi connectivity index (χ1) is 13.0. The lowest BCUT2D eigenvalue weighted by atomic mass is 10.1. The van der Waals surface area contributed by atoms with Gasteiger partial charge in [0.1, 0.15) is 23.0 Å². The zero-order chi connectivity index (χ0) is 19.6. The van der Waals surface area contributed by atoms with Crippen molar-refractivity contribution < 1.29 is 19.4 Å². The van der Waals surface area contributed by atoms with Crippen LogP contribution in [0.2, 0.25) is 0 Å². The van der Waals surface area contributed by atoms with Crippen LogP contribution in [0.25, 0.3) is 5.69 Å². The van der Waals surface area contributed by atoms with Crippen molar-refractivity contribution in [3.63, 3.8) is 0 Å². The Balaban J connectivity index is 2.28. The molecule has 0 radical (unpaired) electrons. The first-order valence-electron chi connectivity index (χ1n) is 8.59. The molecule has 4 N–H and O–H groups in total. The lowest BCUT2D eigenvalue weighted by Crippen LogP contribution is -2.38. The second-order valence-corrected chi connectivity index (χ2v) is 6.33. The Morgan fingerprint density at radius 1 is 1.33 bits per heavy atom. The minimum absolute atomic E-state index is 0.317. The number of hydrogen-bond donors (Lipinski definition) is 3. The molecule has 1 aliphatic rings. The predicted molar refractivity (Wildman–Crippen MR) is 97.3 cm³/mol. The molecule has 0 aliphatic heterocycles. The molecule has 144 valence electrons. The normalized spacial score (nSPS) is 13.3. The van der Waals surface area contributed by atoms with Gasteiger partial charge >= 0.3 is 0 Å². The Morgan fingerprint density at radius 2 is 1.96 bits per heavy atom. The fourth-order valence-corrected chi connectivity index (χ4v) is 3.01. The van der Waals surface area contributed by atoms with Crippen molar-refractivity contribution >= 4 is 5.91 Å². The van der Waals surface area contributed by atoms with Gasteiger partial charge < -0.3 is 14.6 Å². The Morgan fingerprint density at radius 3 is 2.48 bits per heavy atom. The van der Waals surface area contributed by atoms with Crippen LogP contribution >= 0.6 is 0 Å². The van der Waals surface area contributed by atoms with Crippen molar-refractivity contribution in [3.8, 4) is 23.1 Å². The molecule has 0 unspecified atom stereocenters. The number of carbonyl (C=O) groups excluding carboxylic acids is 1. The van der Waals surface area contributed by atoms with Gasteiger partial charge in [0, 0.05) is 6.42 Å². The molecule has 1 amide bonds. The third kappa shape index (κ3) is 3.59. The van der Waals surface area contributed by atoms with E-state index in [1.54, 1.807) is 18.2 Å². The van der Waals surface area contributed by atoms with E-state index in [1.807, 2.05) is 5.43 Å². The summed E-state index contributed by atoms with van der Waals surface area (Å²) in [5, 5.41) is 10.2. The monoisotopic (exact) mass is 374 g/mol. The average Bonchev–Trinajstić information content (AvgIpc) is 3.50. The van der Waals surface area contributed by atoms with Crippen LogP contribution in [0, 0.1) is 5.92 Å². The third-order valence-electron chi connectivity index (χ3n) is 4.59. The number of rotatable bonds is 7. The van der Waals surface area contributed by atoms with E-state index >= 15 is 0 Å². The molecule has 9 heteroatoms. The minimum Gasteiger partial charge on any atom is -0.494 e. The lowest BCUT2D eigenvalue weighted by Gasteiger charge is -2.19. The summed E-state index contributed by atoms with van der Waals surface area (Å²) in [5.74, 6) is 5.22. The van der Waals surface area contributed by atoms with Crippen LogP contribution in [-0.2, 0) is 6.42 Å². The highest BCUT2D eigenvalue weighted by molar-refractivity contribution is 5.95. The number of ether oxygens (including phenoxy) is 2. The van der Waals surface area contributed by atoms with Crippen LogP contribution in [0.15, 0.2) is 23.0 Å². The van der Waals surface area contributed by atoms with Crippen molar-refractivity contribution in [1.29, 1.82) is 0 Å². The summed E-state index contributed by atoms with van der Waals surface area (Å²) < 4.78 is 12.0. The van der Waals surface area contributed by atoms with Crippen LogP contribution in [-0.4, -0.2) is 34.8 Å². The van der Waals surface area contributed by atoms with Gasteiger partial charge in [-0.1, -0.05) is 18.9 Å². The smallest absolute Gasteiger partial charge is 0.276 e. The SMILES string of the molecule is COc1cccc(OC)c1-n1c(CCC2CC2)nc(O)c(C(=O)NN)c1=O. The maximum atomic E-state index is 13.1. The lowest BCUT2D eigenvalue weighted by molar-refractivity contribution is 0.0948. The molecule has 1 fully saturated rings. The number of hydrazine groups is 1. The number of nitrogens with zero attached hydrogens (tertiary/aromatic N) is 2. The zero-order valence-electron chi connectivity index (χ0n) is 15.2. The van der Waals surface area contributed by atoms with Crippen LogP contribution in [0.4, 0.5) is 0 Å². The molecule has 1 aliphatic carbocycles. The van der Waals surface area contributed by atoms with Crippen molar-refractivity contribution in [3.05, 3.63) is 39.9 Å². The van der Waals surface area contributed by atoms with Gasteiger partial charge in [-0.3, -0.25) is 19.6 Å². The van der Waals surface area contributed by atoms with Gasteiger partial charge in [0.25, 0.3) is 11.5 Å². The zero-order valence-corrected chi connectivity index (χ0v) is 15.2. The standard InChI is InChI=1S/C18H22N4O5/c1-26-11-4-3-5-12(27-2)15(11)22-13(9-8-10-6-7-10)20-16(23)14(18(22)25)17(24)21-19/h3-5,10,23H,6-9,19H2,1-2H3,(H,21,24). The molecule has 3 rings (SSSR count). The number of nitrogen functional groups attached to an aromatic ring is 1. The van der Waals surface area contributed by atoms with E-state index < -0.39 is 22.9 Å². The molecule has 0 atom stereocenters. The van der Waals surface area contributed by atoms with E-state index in [9.17, 15) is 14.7 Å². The van der Waals surface area contributed by atoms with E-state index in [0.29, 0.717) is 35.3 Å². The Kier molecular flexibility index (Phi) is 5.31. The molecule has 1 saturated carbocycles. The van der Waals surface area contributed by atoms with Crippen LogP contribution in [0.1, 0.15) is 35.4 Å². The maximum Gasteiger partial charge on any atom is 0.276 e. The van der Waals surface area contributed by atoms with Crippen molar-refractivity contribution in [2.24, 2.45) is 11.8 Å². The quantitative estimate of drug-likeness (QED) is 0.373. The fourth-order valence-electron chi connectivity index (χ4n) is 3.01. The van der Waals surface area contributed by atoms with Crippen LogP contribution in [0.5, 0.6) is 17.4 Å². The topological polar surface area (TPSA) is 129 Å². The first-order valence-corrected chi connectivity index (χ1v) is 8.59. The van der Waals surface area contributed by atoms with Gasteiger partial charge in [0.05, 0.1) is 14.2 Å². The van der Waals surface area contributed by atoms with E-state index in [0.717, 1.165) is 19.3 Å². The predicted octanol–water partition coefficient (Wildman–Crippen LogP) is 0.901. The molecular weight excluding hydrogens is 352 g/mol. The van der Waals surface area contributed by atoms with Gasteiger partial charge in [0.15, 0.2) is 5.56 Å². The number of amides is 1. The summed E-state index contributed by atoms with van der Waals surface area (Å²) >= 11 is 0. The van der Waals surface area contributed by atoms with E-state index in [4.69, 9.17) is 15.3 Å². The molecule has 0 bridgehead atoms. The largest absolute Gasteiger partial charge is 0.494 e. The molecule has 0 spiro atoms. The minimum atomic E-state index is -0.929. The molecule has 9 nitrogen and oxygen atoms in total. The van der Waals surface area contributed by atoms with Gasteiger partial charge in [-0.2, -0.15) is 4.98 Å². The van der Waals surface area contributed by atoms with E-state index in [1.165, 1.54) is 18.8 Å². The Labute approximate surface area is 155 Å². The number of nitrogens with one attached hydrogen (secondary N) is 1. The van der Waals surface area contributed by atoms with Crippen molar-refractivity contribution in [2.45, 2.75) is 25.7 Å². The number of methoxy groups -OCH3 is 2. The van der Waals surface area contributed by atoms with Crippen LogP contribution in [0.3, 0.4) is 0 Å². The molecular formula is C18H22N4O5. The summed E-state index contributed by atoms with van der Waals surface area (Å²) in [5.41, 5.74) is 0.888. The number of aromatic hydroxyl groups is 1. The number of para-hydroxylation sites is 1. The molecule has 1 aromatic carbocycles. The number of hydrogen-bond acceptors (Lipinski definition) is 7. The molecule has 27 heavy (non-hydrogen) atoms. The summed E-state index contributed by atoms with van der Waals surface area (Å²) in [6.45, 7) is 0. The molecule has 2 aromatic rings. The number of carbonyl (C=O) groups is 1. The first kappa shape index (κ1) is 18.7. The van der Waals surface area contributed by atoms with Crippen LogP contribution < -0.4 is 26.3 Å². The fraction of sp³-hybridized carbons (Fsp3) is 0.389. The number of nitrogens with two attached hydrogens (primary N) is 1. The van der Waals surface area contributed by atoms with Crippen molar-refractivity contribution in [1.82, 2.24) is 15.0 Å². The number of aryl methyl sites for hydroxylation is 1.